The standard InChI is InChI=1S/C15H13Cl2NOS/c1-8-3-4-10(20)6-11(8)15(19)18-14-7-12(16)9(2)5-13(14)17/h3-7,20H,1-2H3,(H,18,19). The molecule has 0 fully saturated rings. The number of anilines is 1. The number of halogens is 2. The summed E-state index contributed by atoms with van der Waals surface area (Å²) >= 11 is 16.4. The summed E-state index contributed by atoms with van der Waals surface area (Å²) in [7, 11) is 0. The van der Waals surface area contributed by atoms with E-state index in [1.807, 2.05) is 26.0 Å². The van der Waals surface area contributed by atoms with Gasteiger partial charge in [-0.15, -0.1) is 12.6 Å². The number of thiol groups is 1. The zero-order chi connectivity index (χ0) is 14.9. The van der Waals surface area contributed by atoms with Crippen LogP contribution in [-0.2, 0) is 0 Å². The molecule has 2 aromatic carbocycles. The van der Waals surface area contributed by atoms with Crippen molar-refractivity contribution in [3.8, 4) is 0 Å². The highest BCUT2D eigenvalue weighted by molar-refractivity contribution is 7.80. The molecule has 20 heavy (non-hydrogen) atoms. The van der Waals surface area contributed by atoms with E-state index in [0.29, 0.717) is 21.3 Å². The Morgan fingerprint density at radius 1 is 1.05 bits per heavy atom. The van der Waals surface area contributed by atoms with Crippen LogP contribution in [0.2, 0.25) is 10.0 Å². The molecule has 2 nitrogen and oxygen atoms in total. The molecule has 0 aliphatic carbocycles. The minimum atomic E-state index is -0.236. The number of benzene rings is 2. The average Bonchev–Trinajstić information content (AvgIpc) is 2.38. The molecule has 2 aromatic rings. The van der Waals surface area contributed by atoms with Gasteiger partial charge in [0, 0.05) is 15.5 Å². The summed E-state index contributed by atoms with van der Waals surface area (Å²) in [6.07, 6.45) is 0. The van der Waals surface area contributed by atoms with Crippen molar-refractivity contribution in [2.24, 2.45) is 0 Å². The smallest absolute Gasteiger partial charge is 0.256 e. The molecule has 0 atom stereocenters. The number of aryl methyl sites for hydroxylation is 2. The fourth-order valence-electron chi connectivity index (χ4n) is 1.79. The first-order chi connectivity index (χ1) is 9.38. The third kappa shape index (κ3) is 3.29. The van der Waals surface area contributed by atoms with Gasteiger partial charge < -0.3 is 5.32 Å². The van der Waals surface area contributed by atoms with Crippen LogP contribution in [-0.4, -0.2) is 5.91 Å². The normalized spacial score (nSPS) is 10.4. The first-order valence-electron chi connectivity index (χ1n) is 5.95. The summed E-state index contributed by atoms with van der Waals surface area (Å²) < 4.78 is 0. The summed E-state index contributed by atoms with van der Waals surface area (Å²) in [5, 5.41) is 3.79. The molecule has 0 heterocycles. The first kappa shape index (κ1) is 15.2. The summed E-state index contributed by atoms with van der Waals surface area (Å²) in [5.74, 6) is -0.236. The van der Waals surface area contributed by atoms with Gasteiger partial charge in [0.1, 0.15) is 0 Å². The molecule has 2 rings (SSSR count). The topological polar surface area (TPSA) is 29.1 Å². The Bertz CT molecular complexity index is 686. The monoisotopic (exact) mass is 325 g/mol. The molecule has 0 saturated heterocycles. The minimum absolute atomic E-state index is 0.236. The van der Waals surface area contributed by atoms with E-state index in [0.717, 1.165) is 16.0 Å². The Kier molecular flexibility index (Phi) is 4.63. The van der Waals surface area contributed by atoms with Gasteiger partial charge in [-0.1, -0.05) is 29.3 Å². The second-order valence-electron chi connectivity index (χ2n) is 4.53. The SMILES string of the molecule is Cc1cc(Cl)c(NC(=O)c2cc(S)ccc2C)cc1Cl. The zero-order valence-corrected chi connectivity index (χ0v) is 13.4. The van der Waals surface area contributed by atoms with Crippen LogP contribution in [0.5, 0.6) is 0 Å². The second-order valence-corrected chi connectivity index (χ2v) is 5.87. The number of carbonyl (C=O) groups is 1. The van der Waals surface area contributed by atoms with Crippen molar-refractivity contribution in [3.05, 3.63) is 57.1 Å². The van der Waals surface area contributed by atoms with Gasteiger partial charge in [0.15, 0.2) is 0 Å². The molecular formula is C15H13Cl2NOS. The lowest BCUT2D eigenvalue weighted by molar-refractivity contribution is 0.102. The summed E-state index contributed by atoms with van der Waals surface area (Å²) in [6, 6.07) is 8.78. The molecular weight excluding hydrogens is 313 g/mol. The van der Waals surface area contributed by atoms with Gasteiger partial charge in [0.2, 0.25) is 0 Å². The predicted octanol–water partition coefficient (Wildman–Crippen LogP) is 5.15. The van der Waals surface area contributed by atoms with Crippen LogP contribution in [0.4, 0.5) is 5.69 Å². The second kappa shape index (κ2) is 6.08. The Morgan fingerprint density at radius 3 is 2.45 bits per heavy atom. The fourth-order valence-corrected chi connectivity index (χ4v) is 2.42. The van der Waals surface area contributed by atoms with Crippen molar-refractivity contribution in [2.45, 2.75) is 18.7 Å². The fraction of sp³-hybridized carbons (Fsp3) is 0.133. The Hall–Kier alpha value is -1.16. The van der Waals surface area contributed by atoms with Crippen LogP contribution >= 0.6 is 35.8 Å². The number of amides is 1. The molecule has 1 amide bonds. The third-order valence-corrected chi connectivity index (χ3v) is 3.96. The minimum Gasteiger partial charge on any atom is -0.321 e. The lowest BCUT2D eigenvalue weighted by atomic mass is 10.1. The van der Waals surface area contributed by atoms with E-state index >= 15 is 0 Å². The van der Waals surface area contributed by atoms with Crippen LogP contribution < -0.4 is 5.32 Å². The van der Waals surface area contributed by atoms with E-state index in [1.165, 1.54) is 0 Å². The Balaban J connectivity index is 2.32. The zero-order valence-electron chi connectivity index (χ0n) is 11.0. The number of nitrogens with one attached hydrogen (secondary N) is 1. The van der Waals surface area contributed by atoms with Crippen molar-refractivity contribution in [1.29, 1.82) is 0 Å². The molecule has 0 bridgehead atoms. The average molecular weight is 326 g/mol. The van der Waals surface area contributed by atoms with Crippen molar-refractivity contribution < 1.29 is 4.79 Å². The van der Waals surface area contributed by atoms with Gasteiger partial charge in [0.25, 0.3) is 5.91 Å². The summed E-state index contributed by atoms with van der Waals surface area (Å²) in [6.45, 7) is 3.72. The number of hydrogen-bond donors (Lipinski definition) is 2. The molecule has 0 aliphatic rings. The lowest BCUT2D eigenvalue weighted by Crippen LogP contribution is -2.13. The highest BCUT2D eigenvalue weighted by atomic mass is 35.5. The predicted molar refractivity (Wildman–Crippen MR) is 87.6 cm³/mol. The number of carbonyl (C=O) groups excluding carboxylic acids is 1. The highest BCUT2D eigenvalue weighted by Gasteiger charge is 2.12. The summed E-state index contributed by atoms with van der Waals surface area (Å²) in [5.41, 5.74) is 2.79. The molecule has 1 N–H and O–H groups in total. The van der Waals surface area contributed by atoms with Crippen LogP contribution in [0.15, 0.2) is 35.2 Å². The first-order valence-corrected chi connectivity index (χ1v) is 7.15. The molecule has 0 unspecified atom stereocenters. The van der Waals surface area contributed by atoms with Gasteiger partial charge in [-0.3, -0.25) is 4.79 Å². The van der Waals surface area contributed by atoms with Crippen molar-refractivity contribution in [1.82, 2.24) is 0 Å². The maximum atomic E-state index is 12.3. The van der Waals surface area contributed by atoms with Crippen molar-refractivity contribution >= 4 is 47.4 Å². The van der Waals surface area contributed by atoms with E-state index in [1.54, 1.807) is 18.2 Å². The van der Waals surface area contributed by atoms with E-state index in [2.05, 4.69) is 17.9 Å². The molecule has 0 aliphatic heterocycles. The Labute approximate surface area is 133 Å². The molecule has 5 heteroatoms. The molecule has 0 aromatic heterocycles. The maximum absolute atomic E-state index is 12.3. The van der Waals surface area contributed by atoms with E-state index in [4.69, 9.17) is 23.2 Å². The van der Waals surface area contributed by atoms with Crippen molar-refractivity contribution in [3.63, 3.8) is 0 Å². The van der Waals surface area contributed by atoms with E-state index < -0.39 is 0 Å². The maximum Gasteiger partial charge on any atom is 0.256 e. The summed E-state index contributed by atoms with van der Waals surface area (Å²) in [4.78, 5) is 13.0. The van der Waals surface area contributed by atoms with Crippen LogP contribution in [0.3, 0.4) is 0 Å². The van der Waals surface area contributed by atoms with E-state index in [-0.39, 0.29) is 5.91 Å². The van der Waals surface area contributed by atoms with Crippen LogP contribution in [0.25, 0.3) is 0 Å². The highest BCUT2D eigenvalue weighted by Crippen LogP contribution is 2.29. The van der Waals surface area contributed by atoms with Gasteiger partial charge >= 0.3 is 0 Å². The van der Waals surface area contributed by atoms with Gasteiger partial charge in [-0.05, 0) is 49.2 Å². The van der Waals surface area contributed by atoms with Gasteiger partial charge in [-0.25, -0.2) is 0 Å². The van der Waals surface area contributed by atoms with Gasteiger partial charge in [-0.2, -0.15) is 0 Å². The third-order valence-electron chi connectivity index (χ3n) is 2.96. The molecule has 0 saturated carbocycles. The van der Waals surface area contributed by atoms with Gasteiger partial charge in [0.05, 0.1) is 10.7 Å². The Morgan fingerprint density at radius 2 is 1.75 bits per heavy atom. The molecule has 104 valence electrons. The molecule has 0 radical (unpaired) electrons. The van der Waals surface area contributed by atoms with Crippen LogP contribution in [0.1, 0.15) is 21.5 Å². The number of hydrogen-bond acceptors (Lipinski definition) is 2. The van der Waals surface area contributed by atoms with Crippen molar-refractivity contribution in [2.75, 3.05) is 5.32 Å². The quantitative estimate of drug-likeness (QED) is 0.734. The molecule has 0 spiro atoms. The largest absolute Gasteiger partial charge is 0.321 e. The van der Waals surface area contributed by atoms with Crippen LogP contribution in [0, 0.1) is 13.8 Å². The lowest BCUT2D eigenvalue weighted by Gasteiger charge is -2.11. The number of rotatable bonds is 2. The van der Waals surface area contributed by atoms with E-state index in [9.17, 15) is 4.79 Å².